The molecule has 142 valence electrons. The van der Waals surface area contributed by atoms with Crippen LogP contribution in [0.1, 0.15) is 10.4 Å². The fourth-order valence-electron chi connectivity index (χ4n) is 2.25. The predicted octanol–water partition coefficient (Wildman–Crippen LogP) is 4.31. The molecule has 1 heterocycles. The number of nitro groups is 1. The van der Waals surface area contributed by atoms with E-state index in [1.165, 1.54) is 37.7 Å². The molecule has 0 saturated heterocycles. The standard InChI is InChI=1S/C18H13IN4O5/c1-27-18(24)11-2-8-14(9-3-11)28-17-15(23(25)26)16(20-10-21-17)22-13-6-4-12(19)5-7-13/h2-10H,1H3,(H,20,21,22). The first-order valence-corrected chi connectivity index (χ1v) is 8.94. The number of hydrogen-bond acceptors (Lipinski definition) is 8. The van der Waals surface area contributed by atoms with Gasteiger partial charge in [-0.15, -0.1) is 0 Å². The Morgan fingerprint density at radius 2 is 1.79 bits per heavy atom. The molecule has 0 amide bonds. The molecule has 28 heavy (non-hydrogen) atoms. The monoisotopic (exact) mass is 492 g/mol. The molecule has 1 aromatic heterocycles. The maximum absolute atomic E-state index is 11.6. The van der Waals surface area contributed by atoms with E-state index in [2.05, 4.69) is 42.6 Å². The number of benzene rings is 2. The Kier molecular flexibility index (Phi) is 5.99. The van der Waals surface area contributed by atoms with Crippen molar-refractivity contribution in [2.45, 2.75) is 0 Å². The first-order chi connectivity index (χ1) is 13.5. The summed E-state index contributed by atoms with van der Waals surface area (Å²) in [7, 11) is 1.28. The normalized spacial score (nSPS) is 10.2. The van der Waals surface area contributed by atoms with Gasteiger partial charge in [0.15, 0.2) is 0 Å². The van der Waals surface area contributed by atoms with Crippen LogP contribution in [0.5, 0.6) is 11.6 Å². The number of ether oxygens (including phenoxy) is 2. The van der Waals surface area contributed by atoms with Crippen molar-refractivity contribution in [1.29, 1.82) is 0 Å². The van der Waals surface area contributed by atoms with Crippen LogP contribution in [0.25, 0.3) is 0 Å². The van der Waals surface area contributed by atoms with Crippen molar-refractivity contribution in [2.75, 3.05) is 12.4 Å². The zero-order valence-corrected chi connectivity index (χ0v) is 16.6. The SMILES string of the molecule is COC(=O)c1ccc(Oc2ncnc(Nc3ccc(I)cc3)c2[N+](=O)[O-])cc1. The third kappa shape index (κ3) is 4.52. The van der Waals surface area contributed by atoms with E-state index in [9.17, 15) is 14.9 Å². The van der Waals surface area contributed by atoms with Crippen LogP contribution in [-0.2, 0) is 4.74 Å². The van der Waals surface area contributed by atoms with Gasteiger partial charge in [-0.3, -0.25) is 10.1 Å². The summed E-state index contributed by atoms with van der Waals surface area (Å²) in [6.45, 7) is 0. The Morgan fingerprint density at radius 1 is 1.11 bits per heavy atom. The second-order valence-corrected chi connectivity index (χ2v) is 6.63. The summed E-state index contributed by atoms with van der Waals surface area (Å²) >= 11 is 2.16. The van der Waals surface area contributed by atoms with Gasteiger partial charge in [-0.2, -0.15) is 4.98 Å². The molecule has 9 nitrogen and oxygen atoms in total. The van der Waals surface area contributed by atoms with Gasteiger partial charge in [0.1, 0.15) is 12.1 Å². The minimum Gasteiger partial charge on any atom is -0.465 e. The zero-order valence-electron chi connectivity index (χ0n) is 14.5. The van der Waals surface area contributed by atoms with Gasteiger partial charge >= 0.3 is 17.5 Å². The molecule has 3 aromatic rings. The molecule has 0 aliphatic rings. The molecule has 0 atom stereocenters. The number of methoxy groups -OCH3 is 1. The summed E-state index contributed by atoms with van der Waals surface area (Å²) in [4.78, 5) is 30.3. The molecule has 0 aliphatic carbocycles. The van der Waals surface area contributed by atoms with Crippen molar-refractivity contribution < 1.29 is 19.2 Å². The van der Waals surface area contributed by atoms with Crippen molar-refractivity contribution in [1.82, 2.24) is 9.97 Å². The lowest BCUT2D eigenvalue weighted by Gasteiger charge is -2.09. The Labute approximate surface area is 173 Å². The average Bonchev–Trinajstić information content (AvgIpc) is 2.69. The largest absolute Gasteiger partial charge is 0.465 e. The van der Waals surface area contributed by atoms with Crippen molar-refractivity contribution in [3.8, 4) is 11.6 Å². The van der Waals surface area contributed by atoms with E-state index < -0.39 is 16.6 Å². The molecule has 3 rings (SSSR count). The minimum absolute atomic E-state index is 0.00221. The summed E-state index contributed by atoms with van der Waals surface area (Å²) in [6.07, 6.45) is 1.17. The van der Waals surface area contributed by atoms with E-state index in [1.54, 1.807) is 12.1 Å². The van der Waals surface area contributed by atoms with Crippen LogP contribution >= 0.6 is 22.6 Å². The minimum atomic E-state index is -0.618. The second kappa shape index (κ2) is 8.61. The topological polar surface area (TPSA) is 116 Å². The summed E-state index contributed by atoms with van der Waals surface area (Å²) in [6, 6.07) is 13.2. The summed E-state index contributed by atoms with van der Waals surface area (Å²) < 4.78 is 11.2. The van der Waals surface area contributed by atoms with Gasteiger partial charge in [-0.1, -0.05) is 0 Å². The molecule has 0 fully saturated rings. The number of esters is 1. The van der Waals surface area contributed by atoms with E-state index in [0.717, 1.165) is 3.57 Å². The van der Waals surface area contributed by atoms with Crippen molar-refractivity contribution in [3.05, 3.63) is 74.1 Å². The number of hydrogen-bond donors (Lipinski definition) is 1. The smallest absolute Gasteiger partial charge is 0.373 e. The maximum Gasteiger partial charge on any atom is 0.373 e. The second-order valence-electron chi connectivity index (χ2n) is 5.38. The lowest BCUT2D eigenvalue weighted by molar-refractivity contribution is -0.385. The van der Waals surface area contributed by atoms with E-state index in [0.29, 0.717) is 11.3 Å². The molecule has 1 N–H and O–H groups in total. The predicted molar refractivity (Wildman–Crippen MR) is 109 cm³/mol. The molecule has 2 aromatic carbocycles. The quantitative estimate of drug-likeness (QED) is 0.234. The Morgan fingerprint density at radius 3 is 2.39 bits per heavy atom. The highest BCUT2D eigenvalue weighted by molar-refractivity contribution is 14.1. The average molecular weight is 492 g/mol. The lowest BCUT2D eigenvalue weighted by Crippen LogP contribution is -2.04. The van der Waals surface area contributed by atoms with Crippen LogP contribution in [0.4, 0.5) is 17.2 Å². The van der Waals surface area contributed by atoms with Crippen molar-refractivity contribution in [3.63, 3.8) is 0 Å². The highest BCUT2D eigenvalue weighted by Gasteiger charge is 2.25. The highest BCUT2D eigenvalue weighted by atomic mass is 127. The van der Waals surface area contributed by atoms with Gasteiger partial charge in [0.2, 0.25) is 5.82 Å². The van der Waals surface area contributed by atoms with Gasteiger partial charge in [-0.05, 0) is 71.1 Å². The fourth-order valence-corrected chi connectivity index (χ4v) is 2.61. The Hall–Kier alpha value is -3.28. The van der Waals surface area contributed by atoms with Crippen LogP contribution in [0.3, 0.4) is 0 Å². The first-order valence-electron chi connectivity index (χ1n) is 7.86. The Balaban J connectivity index is 1.89. The summed E-state index contributed by atoms with van der Waals surface area (Å²) in [5.74, 6) is -0.445. The number of carbonyl (C=O) groups is 1. The van der Waals surface area contributed by atoms with Crippen LogP contribution < -0.4 is 10.1 Å². The fraction of sp³-hybridized carbons (Fsp3) is 0.0556. The molecule has 0 saturated carbocycles. The number of nitrogens with zero attached hydrogens (tertiary/aromatic N) is 3. The van der Waals surface area contributed by atoms with Crippen LogP contribution in [0, 0.1) is 13.7 Å². The van der Waals surface area contributed by atoms with Crippen LogP contribution in [-0.4, -0.2) is 28.0 Å². The molecule has 10 heteroatoms. The molecule has 0 spiro atoms. The third-order valence-corrected chi connectivity index (χ3v) is 4.29. The number of halogens is 1. The van der Waals surface area contributed by atoms with E-state index >= 15 is 0 Å². The summed E-state index contributed by atoms with van der Waals surface area (Å²) in [5, 5.41) is 14.5. The molecular weight excluding hydrogens is 479 g/mol. The lowest BCUT2D eigenvalue weighted by atomic mass is 10.2. The first kappa shape index (κ1) is 19.5. The van der Waals surface area contributed by atoms with E-state index in [4.69, 9.17) is 4.74 Å². The maximum atomic E-state index is 11.6. The number of rotatable bonds is 6. The van der Waals surface area contributed by atoms with Crippen molar-refractivity contribution in [2.24, 2.45) is 0 Å². The number of nitrogens with one attached hydrogen (secondary N) is 1. The van der Waals surface area contributed by atoms with Gasteiger partial charge in [0, 0.05) is 9.26 Å². The van der Waals surface area contributed by atoms with Gasteiger partial charge < -0.3 is 14.8 Å². The number of aromatic nitrogens is 2. The number of carbonyl (C=O) groups excluding carboxylic acids is 1. The Bertz CT molecular complexity index is 1010. The molecule has 0 unspecified atom stereocenters. The molecule has 0 aliphatic heterocycles. The third-order valence-electron chi connectivity index (χ3n) is 3.57. The molecular formula is C18H13IN4O5. The van der Waals surface area contributed by atoms with Crippen LogP contribution in [0.15, 0.2) is 54.9 Å². The molecule has 0 bridgehead atoms. The molecule has 0 radical (unpaired) electrons. The van der Waals surface area contributed by atoms with Gasteiger partial charge in [-0.25, -0.2) is 9.78 Å². The zero-order chi connectivity index (χ0) is 20.1. The van der Waals surface area contributed by atoms with E-state index in [-0.39, 0.29) is 17.4 Å². The highest BCUT2D eigenvalue weighted by Crippen LogP contribution is 2.35. The van der Waals surface area contributed by atoms with Gasteiger partial charge in [0.25, 0.3) is 0 Å². The van der Waals surface area contributed by atoms with Crippen molar-refractivity contribution >= 4 is 45.8 Å². The van der Waals surface area contributed by atoms with Crippen LogP contribution in [0.2, 0.25) is 0 Å². The summed E-state index contributed by atoms with van der Waals surface area (Å²) in [5.41, 5.74) is 0.557. The van der Waals surface area contributed by atoms with E-state index in [1.807, 2.05) is 12.1 Å². The number of anilines is 2. The van der Waals surface area contributed by atoms with Gasteiger partial charge in [0.05, 0.1) is 17.6 Å².